The Hall–Kier alpha value is -0.930. The van der Waals surface area contributed by atoms with Crippen molar-refractivity contribution in [1.82, 2.24) is 10.3 Å². The number of nitrogens with one attached hydrogen (secondary N) is 1. The van der Waals surface area contributed by atoms with Gasteiger partial charge in [-0.3, -0.25) is 0 Å². The maximum Gasteiger partial charge on any atom is 0.0907 e. The van der Waals surface area contributed by atoms with E-state index in [4.69, 9.17) is 0 Å². The van der Waals surface area contributed by atoms with Crippen LogP contribution in [0.25, 0.3) is 10.2 Å². The molecule has 0 amide bonds. The van der Waals surface area contributed by atoms with Gasteiger partial charge in [-0.2, -0.15) is 0 Å². The Kier molecular flexibility index (Phi) is 2.08. The summed E-state index contributed by atoms with van der Waals surface area (Å²) in [6, 6.07) is 4.77. The van der Waals surface area contributed by atoms with Crippen molar-refractivity contribution in [3.05, 3.63) is 28.3 Å². The lowest BCUT2D eigenvalue weighted by atomic mass is 9.78. The first-order valence-corrected chi connectivity index (χ1v) is 7.24. The van der Waals surface area contributed by atoms with Gasteiger partial charge < -0.3 is 5.32 Å². The van der Waals surface area contributed by atoms with Gasteiger partial charge in [0.05, 0.1) is 15.2 Å². The molecule has 1 aromatic carbocycles. The number of rotatable bonds is 0. The molecule has 3 heteroatoms. The van der Waals surface area contributed by atoms with Crippen molar-refractivity contribution in [3.8, 4) is 0 Å². The largest absolute Gasteiger partial charge is 0.316 e. The summed E-state index contributed by atoms with van der Waals surface area (Å²) >= 11 is 1.83. The first-order chi connectivity index (χ1) is 8.31. The molecule has 0 spiro atoms. The van der Waals surface area contributed by atoms with E-state index < -0.39 is 0 Å². The first-order valence-electron chi connectivity index (χ1n) is 6.43. The molecular formula is C14H16N2S. The molecule has 2 unspecified atom stereocenters. The molecule has 1 saturated heterocycles. The predicted octanol–water partition coefficient (Wildman–Crippen LogP) is 3.17. The zero-order chi connectivity index (χ0) is 11.4. The molecule has 1 N–H and O–H groups in total. The van der Waals surface area contributed by atoms with Crippen LogP contribution in [0, 0.1) is 6.92 Å². The summed E-state index contributed by atoms with van der Waals surface area (Å²) in [7, 11) is 0. The quantitative estimate of drug-likeness (QED) is 0.770. The van der Waals surface area contributed by atoms with Gasteiger partial charge in [-0.1, -0.05) is 0 Å². The van der Waals surface area contributed by atoms with E-state index in [1.54, 1.807) is 11.1 Å². The zero-order valence-corrected chi connectivity index (χ0v) is 10.8. The normalized spacial score (nSPS) is 27.1. The Morgan fingerprint density at radius 2 is 1.88 bits per heavy atom. The molecule has 2 bridgehead atoms. The van der Waals surface area contributed by atoms with Crippen molar-refractivity contribution in [2.24, 2.45) is 0 Å². The second-order valence-electron chi connectivity index (χ2n) is 5.31. The van der Waals surface area contributed by atoms with Crippen molar-refractivity contribution in [2.75, 3.05) is 13.1 Å². The summed E-state index contributed by atoms with van der Waals surface area (Å²) in [4.78, 5) is 4.63. The number of hydrogen-bond donors (Lipinski definition) is 1. The topological polar surface area (TPSA) is 24.9 Å². The van der Waals surface area contributed by atoms with E-state index >= 15 is 0 Å². The Balaban J connectivity index is 2.00. The summed E-state index contributed by atoms with van der Waals surface area (Å²) in [5.41, 5.74) is 4.38. The molecule has 88 valence electrons. The fourth-order valence-corrected chi connectivity index (χ4v) is 4.25. The van der Waals surface area contributed by atoms with E-state index in [0.29, 0.717) is 0 Å². The number of benzene rings is 1. The molecule has 5 rings (SSSR count). The lowest BCUT2D eigenvalue weighted by Gasteiger charge is -2.26. The minimum absolute atomic E-state index is 0.718. The van der Waals surface area contributed by atoms with Crippen molar-refractivity contribution >= 4 is 21.6 Å². The summed E-state index contributed by atoms with van der Waals surface area (Å²) in [6.45, 7) is 4.41. The summed E-state index contributed by atoms with van der Waals surface area (Å²) in [5.74, 6) is 1.45. The lowest BCUT2D eigenvalue weighted by molar-refractivity contribution is 0.550. The van der Waals surface area contributed by atoms with E-state index in [1.165, 1.54) is 28.1 Å². The average molecular weight is 244 g/mol. The average Bonchev–Trinajstić information content (AvgIpc) is 2.52. The standard InChI is InChI=1S/C14H16N2S/c1-8-16-13-4-11-9-2-3-10(7-15-6-9)12(11)5-14(13)17-8/h4-5,9-10,15H,2-3,6-7H2,1H3. The highest BCUT2D eigenvalue weighted by Gasteiger charge is 2.30. The van der Waals surface area contributed by atoms with Crippen LogP contribution in [-0.2, 0) is 0 Å². The molecule has 2 aliphatic heterocycles. The van der Waals surface area contributed by atoms with Gasteiger partial charge in [0.2, 0.25) is 0 Å². The molecule has 1 aliphatic carbocycles. The number of aromatic nitrogens is 1. The molecule has 1 aromatic heterocycles. The Morgan fingerprint density at radius 1 is 1.18 bits per heavy atom. The molecular weight excluding hydrogens is 228 g/mol. The van der Waals surface area contributed by atoms with Crippen LogP contribution in [0.2, 0.25) is 0 Å². The highest BCUT2D eigenvalue weighted by molar-refractivity contribution is 7.18. The summed E-state index contributed by atoms with van der Waals surface area (Å²) < 4.78 is 1.37. The first kappa shape index (κ1) is 10.0. The second-order valence-corrected chi connectivity index (χ2v) is 6.55. The highest BCUT2D eigenvalue weighted by Crippen LogP contribution is 2.42. The number of fused-ring (bicyclic) bond motifs is 4. The molecule has 0 saturated carbocycles. The van der Waals surface area contributed by atoms with Gasteiger partial charge in [0.1, 0.15) is 0 Å². The molecule has 2 aromatic rings. The van der Waals surface area contributed by atoms with E-state index in [2.05, 4.69) is 29.4 Å². The van der Waals surface area contributed by atoms with Crippen LogP contribution in [0.4, 0.5) is 0 Å². The molecule has 0 radical (unpaired) electrons. The molecule has 2 nitrogen and oxygen atoms in total. The number of thiazole rings is 1. The maximum atomic E-state index is 4.63. The fourth-order valence-electron chi connectivity index (χ4n) is 3.40. The van der Waals surface area contributed by atoms with Crippen LogP contribution in [0.15, 0.2) is 12.1 Å². The summed E-state index contributed by atoms with van der Waals surface area (Å²) in [6.07, 6.45) is 2.70. The van der Waals surface area contributed by atoms with Crippen LogP contribution >= 0.6 is 11.3 Å². The second kappa shape index (κ2) is 3.53. The lowest BCUT2D eigenvalue weighted by Crippen LogP contribution is -2.18. The van der Waals surface area contributed by atoms with E-state index in [0.717, 1.165) is 24.9 Å². The van der Waals surface area contributed by atoms with Crippen LogP contribution in [0.1, 0.15) is 40.8 Å². The minimum Gasteiger partial charge on any atom is -0.316 e. The number of nitrogens with zero attached hydrogens (tertiary/aromatic N) is 1. The van der Waals surface area contributed by atoms with Crippen molar-refractivity contribution in [1.29, 1.82) is 0 Å². The van der Waals surface area contributed by atoms with Gasteiger partial charge in [0, 0.05) is 13.1 Å². The van der Waals surface area contributed by atoms with Crippen LogP contribution in [-0.4, -0.2) is 18.1 Å². The minimum atomic E-state index is 0.718. The number of hydrogen-bond acceptors (Lipinski definition) is 3. The molecule has 3 heterocycles. The molecule has 2 atom stereocenters. The smallest absolute Gasteiger partial charge is 0.0907 e. The third-order valence-electron chi connectivity index (χ3n) is 4.22. The maximum absolute atomic E-state index is 4.63. The molecule has 17 heavy (non-hydrogen) atoms. The Labute approximate surface area is 105 Å². The van der Waals surface area contributed by atoms with Crippen molar-refractivity contribution in [2.45, 2.75) is 31.6 Å². The molecule has 1 fully saturated rings. The van der Waals surface area contributed by atoms with Gasteiger partial charge in [-0.25, -0.2) is 4.98 Å². The van der Waals surface area contributed by atoms with Gasteiger partial charge in [-0.05, 0) is 54.9 Å². The monoisotopic (exact) mass is 244 g/mol. The summed E-state index contributed by atoms with van der Waals surface area (Å²) in [5, 5.41) is 4.78. The third kappa shape index (κ3) is 1.45. The SMILES string of the molecule is Cc1nc2cc3c(cc2s1)C1CCC3CNC1. The van der Waals surface area contributed by atoms with Crippen molar-refractivity contribution < 1.29 is 0 Å². The van der Waals surface area contributed by atoms with E-state index in [1.807, 2.05) is 11.3 Å². The fraction of sp³-hybridized carbons (Fsp3) is 0.500. The van der Waals surface area contributed by atoms with E-state index in [-0.39, 0.29) is 0 Å². The van der Waals surface area contributed by atoms with Gasteiger partial charge in [0.15, 0.2) is 0 Å². The number of aryl methyl sites for hydroxylation is 1. The van der Waals surface area contributed by atoms with Crippen LogP contribution in [0.5, 0.6) is 0 Å². The van der Waals surface area contributed by atoms with Crippen molar-refractivity contribution in [3.63, 3.8) is 0 Å². The Bertz CT molecular complexity index is 534. The Morgan fingerprint density at radius 3 is 2.65 bits per heavy atom. The van der Waals surface area contributed by atoms with Gasteiger partial charge >= 0.3 is 0 Å². The van der Waals surface area contributed by atoms with Crippen LogP contribution in [0.3, 0.4) is 0 Å². The third-order valence-corrected chi connectivity index (χ3v) is 5.16. The highest BCUT2D eigenvalue weighted by atomic mass is 32.1. The van der Waals surface area contributed by atoms with E-state index in [9.17, 15) is 0 Å². The zero-order valence-electron chi connectivity index (χ0n) is 9.99. The molecule has 3 aliphatic rings. The van der Waals surface area contributed by atoms with Gasteiger partial charge in [0.25, 0.3) is 0 Å². The predicted molar refractivity (Wildman–Crippen MR) is 71.9 cm³/mol. The van der Waals surface area contributed by atoms with Crippen LogP contribution < -0.4 is 5.32 Å². The van der Waals surface area contributed by atoms with Gasteiger partial charge in [-0.15, -0.1) is 11.3 Å².